The van der Waals surface area contributed by atoms with Crippen LogP contribution in [0.15, 0.2) is 11.6 Å². The summed E-state index contributed by atoms with van der Waals surface area (Å²) in [5.74, 6) is 1.79. The number of carbonyl (C=O) groups is 1. The molecule has 1 saturated carbocycles. The molecule has 0 radical (unpaired) electrons. The Morgan fingerprint density at radius 3 is 2.92 bits per heavy atom. The summed E-state index contributed by atoms with van der Waals surface area (Å²) in [4.78, 5) is 11.3. The Kier molecular flexibility index (Phi) is 2.03. The van der Waals surface area contributed by atoms with E-state index in [0.29, 0.717) is 11.7 Å². The van der Waals surface area contributed by atoms with E-state index in [9.17, 15) is 4.79 Å². The van der Waals surface area contributed by atoms with Crippen LogP contribution in [0.25, 0.3) is 0 Å². The van der Waals surface area contributed by atoms with E-state index in [1.165, 1.54) is 31.3 Å². The van der Waals surface area contributed by atoms with Gasteiger partial charge in [-0.25, -0.2) is 0 Å². The first kappa shape index (κ1) is 8.03. The quantitative estimate of drug-likeness (QED) is 0.538. The average molecular weight is 164 g/mol. The van der Waals surface area contributed by atoms with Gasteiger partial charge in [0.05, 0.1) is 0 Å². The third-order valence-corrected chi connectivity index (χ3v) is 3.35. The lowest BCUT2D eigenvalue weighted by atomic mass is 9.70. The van der Waals surface area contributed by atoms with E-state index in [1.807, 2.05) is 6.08 Å². The van der Waals surface area contributed by atoms with E-state index in [0.717, 1.165) is 12.3 Å². The lowest BCUT2D eigenvalue weighted by Gasteiger charge is -2.34. The minimum absolute atomic E-state index is 0.357. The first-order chi connectivity index (χ1) is 5.77. The van der Waals surface area contributed by atoms with Crippen LogP contribution in [-0.2, 0) is 4.79 Å². The monoisotopic (exact) mass is 164 g/mol. The van der Waals surface area contributed by atoms with E-state index >= 15 is 0 Å². The second-order valence-electron chi connectivity index (χ2n) is 4.21. The molecule has 2 rings (SSSR count). The van der Waals surface area contributed by atoms with E-state index in [4.69, 9.17) is 0 Å². The molecule has 1 heteroatoms. The van der Waals surface area contributed by atoms with Gasteiger partial charge in [0.25, 0.3) is 0 Å². The standard InChI is InChI=1S/C11H16O/c1-8-6-10(12)7-9-4-2-3-5-11(8)9/h6,9,11H,2-5,7H2,1H3/t9-,11+/m1/s1. The van der Waals surface area contributed by atoms with E-state index in [2.05, 4.69) is 6.92 Å². The van der Waals surface area contributed by atoms with Gasteiger partial charge >= 0.3 is 0 Å². The van der Waals surface area contributed by atoms with Crippen molar-refractivity contribution in [2.45, 2.75) is 39.0 Å². The maximum atomic E-state index is 11.3. The van der Waals surface area contributed by atoms with Gasteiger partial charge in [0.1, 0.15) is 0 Å². The lowest BCUT2D eigenvalue weighted by Crippen LogP contribution is -2.26. The lowest BCUT2D eigenvalue weighted by molar-refractivity contribution is -0.116. The Balaban J connectivity index is 2.19. The van der Waals surface area contributed by atoms with Crippen molar-refractivity contribution in [2.75, 3.05) is 0 Å². The van der Waals surface area contributed by atoms with E-state index in [-0.39, 0.29) is 0 Å². The molecule has 0 aromatic heterocycles. The molecule has 2 aliphatic rings. The van der Waals surface area contributed by atoms with Crippen LogP contribution in [0.1, 0.15) is 39.0 Å². The highest BCUT2D eigenvalue weighted by Crippen LogP contribution is 2.39. The molecule has 0 spiro atoms. The summed E-state index contributed by atoms with van der Waals surface area (Å²) in [6, 6.07) is 0. The van der Waals surface area contributed by atoms with Crippen molar-refractivity contribution in [1.82, 2.24) is 0 Å². The summed E-state index contributed by atoms with van der Waals surface area (Å²) in [6.45, 7) is 2.13. The number of hydrogen-bond acceptors (Lipinski definition) is 1. The molecule has 0 amide bonds. The minimum atomic E-state index is 0.357. The summed E-state index contributed by atoms with van der Waals surface area (Å²) in [6.07, 6.45) is 7.98. The molecule has 1 nitrogen and oxygen atoms in total. The van der Waals surface area contributed by atoms with Crippen molar-refractivity contribution in [2.24, 2.45) is 11.8 Å². The van der Waals surface area contributed by atoms with Crippen LogP contribution in [0.3, 0.4) is 0 Å². The second kappa shape index (κ2) is 3.04. The van der Waals surface area contributed by atoms with Gasteiger partial charge in [-0.15, -0.1) is 0 Å². The number of allylic oxidation sites excluding steroid dienone is 2. The van der Waals surface area contributed by atoms with Gasteiger partial charge in [-0.05, 0) is 37.7 Å². The Hall–Kier alpha value is -0.590. The predicted octanol–water partition coefficient (Wildman–Crippen LogP) is 2.71. The zero-order chi connectivity index (χ0) is 8.55. The van der Waals surface area contributed by atoms with Gasteiger partial charge < -0.3 is 0 Å². The first-order valence-corrected chi connectivity index (χ1v) is 4.98. The molecular formula is C11H16O. The maximum absolute atomic E-state index is 11.3. The van der Waals surface area contributed by atoms with Gasteiger partial charge in [-0.2, -0.15) is 0 Å². The molecule has 2 atom stereocenters. The Morgan fingerprint density at radius 2 is 2.08 bits per heavy atom. The Labute approximate surface area is 73.8 Å². The van der Waals surface area contributed by atoms with Gasteiger partial charge in [0, 0.05) is 6.42 Å². The molecule has 0 aliphatic heterocycles. The Bertz CT molecular complexity index is 227. The highest BCUT2D eigenvalue weighted by atomic mass is 16.1. The van der Waals surface area contributed by atoms with Gasteiger partial charge in [-0.1, -0.05) is 18.4 Å². The third-order valence-electron chi connectivity index (χ3n) is 3.35. The zero-order valence-corrected chi connectivity index (χ0v) is 7.68. The normalized spacial score (nSPS) is 35.8. The molecular weight excluding hydrogens is 148 g/mol. The third kappa shape index (κ3) is 1.33. The molecule has 2 aliphatic carbocycles. The number of hydrogen-bond donors (Lipinski definition) is 0. The van der Waals surface area contributed by atoms with E-state index in [1.54, 1.807) is 0 Å². The van der Waals surface area contributed by atoms with Crippen LogP contribution in [0.4, 0.5) is 0 Å². The van der Waals surface area contributed by atoms with Crippen LogP contribution in [0.5, 0.6) is 0 Å². The molecule has 0 aromatic carbocycles. The molecule has 0 saturated heterocycles. The van der Waals surface area contributed by atoms with Gasteiger partial charge in [0.15, 0.2) is 5.78 Å². The fourth-order valence-electron chi connectivity index (χ4n) is 2.73. The summed E-state index contributed by atoms with van der Waals surface area (Å²) >= 11 is 0. The van der Waals surface area contributed by atoms with Crippen LogP contribution in [-0.4, -0.2) is 5.78 Å². The van der Waals surface area contributed by atoms with Crippen LogP contribution in [0, 0.1) is 11.8 Å². The van der Waals surface area contributed by atoms with Crippen LogP contribution < -0.4 is 0 Å². The number of rotatable bonds is 0. The summed E-state index contributed by atoms with van der Waals surface area (Å²) in [5, 5.41) is 0. The van der Waals surface area contributed by atoms with Crippen molar-refractivity contribution in [1.29, 1.82) is 0 Å². The highest BCUT2D eigenvalue weighted by Gasteiger charge is 2.30. The SMILES string of the molecule is CC1=CC(=O)C[C@H]2CCCC[C@@H]12. The number of ketones is 1. The molecule has 66 valence electrons. The molecule has 1 fully saturated rings. The fourth-order valence-corrected chi connectivity index (χ4v) is 2.73. The predicted molar refractivity (Wildman–Crippen MR) is 48.8 cm³/mol. The largest absolute Gasteiger partial charge is 0.295 e. The van der Waals surface area contributed by atoms with Crippen molar-refractivity contribution in [3.63, 3.8) is 0 Å². The number of fused-ring (bicyclic) bond motifs is 1. The topological polar surface area (TPSA) is 17.1 Å². The highest BCUT2D eigenvalue weighted by molar-refractivity contribution is 5.91. The van der Waals surface area contributed by atoms with Crippen molar-refractivity contribution in [3.8, 4) is 0 Å². The van der Waals surface area contributed by atoms with Crippen LogP contribution >= 0.6 is 0 Å². The van der Waals surface area contributed by atoms with Gasteiger partial charge in [-0.3, -0.25) is 4.79 Å². The van der Waals surface area contributed by atoms with Crippen molar-refractivity contribution < 1.29 is 4.79 Å². The maximum Gasteiger partial charge on any atom is 0.155 e. The van der Waals surface area contributed by atoms with Gasteiger partial charge in [0.2, 0.25) is 0 Å². The van der Waals surface area contributed by atoms with Crippen molar-refractivity contribution >= 4 is 5.78 Å². The molecule has 0 bridgehead atoms. The van der Waals surface area contributed by atoms with Crippen molar-refractivity contribution in [3.05, 3.63) is 11.6 Å². The van der Waals surface area contributed by atoms with Crippen LogP contribution in [0.2, 0.25) is 0 Å². The summed E-state index contributed by atoms with van der Waals surface area (Å²) in [5.41, 5.74) is 1.34. The molecule has 0 unspecified atom stereocenters. The molecule has 12 heavy (non-hydrogen) atoms. The Morgan fingerprint density at radius 1 is 1.33 bits per heavy atom. The zero-order valence-electron chi connectivity index (χ0n) is 7.68. The van der Waals surface area contributed by atoms with E-state index < -0.39 is 0 Å². The smallest absolute Gasteiger partial charge is 0.155 e. The number of carbonyl (C=O) groups excluding carboxylic acids is 1. The first-order valence-electron chi connectivity index (χ1n) is 4.98. The molecule has 0 aromatic rings. The second-order valence-corrected chi connectivity index (χ2v) is 4.21. The average Bonchev–Trinajstić information content (AvgIpc) is 2.04. The molecule has 0 N–H and O–H groups in total. The minimum Gasteiger partial charge on any atom is -0.295 e. The summed E-state index contributed by atoms with van der Waals surface area (Å²) in [7, 11) is 0. The summed E-state index contributed by atoms with van der Waals surface area (Å²) < 4.78 is 0. The molecule has 0 heterocycles. The fraction of sp³-hybridized carbons (Fsp3) is 0.727.